The molecular weight excluding hydrogens is 232 g/mol. The molecule has 1 amide bonds. The maximum absolute atomic E-state index is 11.2. The van der Waals surface area contributed by atoms with Crippen molar-refractivity contribution in [3.63, 3.8) is 0 Å². The molecule has 5 heteroatoms. The third kappa shape index (κ3) is 4.03. The maximum atomic E-state index is 11.2. The first-order valence-electron chi connectivity index (χ1n) is 5.33. The average molecular weight is 250 g/mol. The summed E-state index contributed by atoms with van der Waals surface area (Å²) >= 11 is 0. The summed E-state index contributed by atoms with van der Waals surface area (Å²) in [5.74, 6) is 0. The van der Waals surface area contributed by atoms with Crippen molar-refractivity contribution in [3.05, 3.63) is 35.9 Å². The van der Waals surface area contributed by atoms with Crippen LogP contribution in [0.25, 0.3) is 6.08 Å². The Kier molecular flexibility index (Phi) is 5.60. The molecule has 0 heterocycles. The lowest BCUT2D eigenvalue weighted by Gasteiger charge is -2.08. The van der Waals surface area contributed by atoms with Gasteiger partial charge in [0.15, 0.2) is 0 Å². The van der Waals surface area contributed by atoms with Crippen molar-refractivity contribution in [2.45, 2.75) is 6.61 Å². The van der Waals surface area contributed by atoms with Crippen LogP contribution in [0.2, 0.25) is 0 Å². The van der Waals surface area contributed by atoms with Gasteiger partial charge in [-0.3, -0.25) is 10.3 Å². The Hall–Kier alpha value is -2.14. The highest BCUT2D eigenvalue weighted by Crippen LogP contribution is 2.21. The van der Waals surface area contributed by atoms with E-state index in [-0.39, 0.29) is 14.8 Å². The van der Waals surface area contributed by atoms with E-state index in [1.165, 1.54) is 7.11 Å². The number of nitrogens with zero attached hydrogens (tertiary/aromatic N) is 1. The second kappa shape index (κ2) is 7.24. The molecule has 1 N–H and O–H groups in total. The lowest BCUT2D eigenvalue weighted by Crippen LogP contribution is -2.25. The fourth-order valence-electron chi connectivity index (χ4n) is 1.33. The minimum Gasteiger partial charge on any atom is -0.445 e. The van der Waals surface area contributed by atoms with E-state index in [4.69, 9.17) is 4.74 Å². The van der Waals surface area contributed by atoms with Crippen molar-refractivity contribution in [2.24, 2.45) is 4.99 Å². The molecular formula is C13H18N2O3. The molecule has 0 radical (unpaired) electrons. The molecule has 0 spiro atoms. The van der Waals surface area contributed by atoms with Gasteiger partial charge in [-0.25, -0.2) is 4.79 Å². The quantitative estimate of drug-likeness (QED) is 0.623. The molecule has 0 saturated heterocycles. The summed E-state index contributed by atoms with van der Waals surface area (Å²) in [5, 5.41) is 2.42. The van der Waals surface area contributed by atoms with Gasteiger partial charge in [0.05, 0.1) is 5.69 Å². The molecule has 0 aliphatic carbocycles. The summed E-state index contributed by atoms with van der Waals surface area (Å²) in [7, 11) is 1.48. The number of ether oxygens (including phenoxy) is 2. The van der Waals surface area contributed by atoms with Crippen LogP contribution in [0, 0.1) is 0 Å². The van der Waals surface area contributed by atoms with Crippen LogP contribution in [-0.2, 0) is 16.1 Å². The molecule has 0 bridgehead atoms. The molecule has 0 aromatic heterocycles. The molecule has 18 heavy (non-hydrogen) atoms. The highest BCUT2D eigenvalue weighted by molar-refractivity contribution is 5.67. The molecule has 98 valence electrons. The van der Waals surface area contributed by atoms with Gasteiger partial charge in [-0.05, 0) is 30.0 Å². The number of hydrogen-bond acceptors (Lipinski definition) is 4. The predicted molar refractivity (Wildman–Crippen MR) is 73.1 cm³/mol. The lowest BCUT2D eigenvalue weighted by molar-refractivity contribution is 0.115. The van der Waals surface area contributed by atoms with E-state index in [1.807, 2.05) is 12.1 Å². The third-order valence-electron chi connectivity index (χ3n) is 2.21. The van der Waals surface area contributed by atoms with Crippen LogP contribution >= 0.6 is 0 Å². The van der Waals surface area contributed by atoms with E-state index < -0.39 is 6.09 Å². The van der Waals surface area contributed by atoms with E-state index in [2.05, 4.69) is 28.3 Å². The van der Waals surface area contributed by atoms with Gasteiger partial charge in [0.25, 0.3) is 0 Å². The summed E-state index contributed by atoms with van der Waals surface area (Å²) < 4.78 is 9.68. The van der Waals surface area contributed by atoms with Crippen molar-refractivity contribution in [3.8, 4) is 0 Å². The monoisotopic (exact) mass is 250 g/mol. The number of nitrogens with one attached hydrogen (secondary N) is 1. The van der Waals surface area contributed by atoms with Crippen molar-refractivity contribution in [1.82, 2.24) is 5.32 Å². The van der Waals surface area contributed by atoms with Crippen LogP contribution in [0.3, 0.4) is 0 Å². The van der Waals surface area contributed by atoms with E-state index in [1.54, 1.807) is 12.1 Å². The van der Waals surface area contributed by atoms with E-state index in [0.717, 1.165) is 16.8 Å². The van der Waals surface area contributed by atoms with Crippen molar-refractivity contribution in [1.29, 1.82) is 0 Å². The molecule has 0 fully saturated rings. The van der Waals surface area contributed by atoms with Crippen LogP contribution in [0.1, 0.15) is 12.6 Å². The zero-order valence-electron chi connectivity index (χ0n) is 10.3. The Bertz CT molecular complexity index is 450. The molecule has 1 aromatic rings. The number of carbonyl (C=O) groups is 1. The Morgan fingerprint density at radius 1 is 1.61 bits per heavy atom. The van der Waals surface area contributed by atoms with Crippen molar-refractivity contribution >= 4 is 24.6 Å². The molecule has 0 aliphatic heterocycles. The average Bonchev–Trinajstić information content (AvgIpc) is 2.42. The fraction of sp³-hybridized carbons (Fsp3) is 0.231. The molecule has 1 aromatic carbocycles. The first-order chi connectivity index (χ1) is 8.71. The maximum Gasteiger partial charge on any atom is 0.409 e. The summed E-state index contributed by atoms with van der Waals surface area (Å²) in [6, 6.07) is 5.47. The minimum absolute atomic E-state index is 0. The van der Waals surface area contributed by atoms with Gasteiger partial charge in [0.2, 0.25) is 0 Å². The summed E-state index contributed by atoms with van der Waals surface area (Å²) in [6.07, 6.45) is 1.15. The normalized spacial score (nSPS) is 9.61. The Morgan fingerprint density at radius 2 is 2.39 bits per heavy atom. The molecule has 0 unspecified atom stereocenters. The van der Waals surface area contributed by atoms with Crippen molar-refractivity contribution in [2.75, 3.05) is 13.8 Å². The number of aliphatic imine (C=N–C) groups is 1. The highest BCUT2D eigenvalue weighted by Gasteiger charge is 2.03. The SMILES string of the molecule is C=Cc1cc(COC(=O)NCOC)ccc1N=C.[HH]. The Balaban J connectivity index is 0.00000324. The summed E-state index contributed by atoms with van der Waals surface area (Å²) in [4.78, 5) is 15.1. The zero-order valence-corrected chi connectivity index (χ0v) is 10.3. The van der Waals surface area contributed by atoms with Crippen molar-refractivity contribution < 1.29 is 15.7 Å². The number of alkyl carbamates (subject to hydrolysis) is 1. The van der Waals surface area contributed by atoms with Gasteiger partial charge < -0.3 is 9.47 Å². The second-order valence-corrected chi connectivity index (χ2v) is 3.44. The zero-order chi connectivity index (χ0) is 13.4. The van der Waals surface area contributed by atoms with Crippen LogP contribution in [-0.4, -0.2) is 26.7 Å². The molecule has 0 atom stereocenters. The molecule has 1 rings (SSSR count). The number of carbonyl (C=O) groups excluding carboxylic acids is 1. The minimum atomic E-state index is -0.525. The summed E-state index contributed by atoms with van der Waals surface area (Å²) in [6.45, 7) is 7.46. The van der Waals surface area contributed by atoms with Gasteiger partial charge in [-0.1, -0.05) is 18.7 Å². The van der Waals surface area contributed by atoms with Gasteiger partial charge in [-0.15, -0.1) is 0 Å². The van der Waals surface area contributed by atoms with Crippen LogP contribution in [0.4, 0.5) is 10.5 Å². The van der Waals surface area contributed by atoms with Crippen LogP contribution < -0.4 is 5.32 Å². The number of benzene rings is 1. The van der Waals surface area contributed by atoms with Gasteiger partial charge in [-0.2, -0.15) is 0 Å². The van der Waals surface area contributed by atoms with Crippen LogP contribution in [0.15, 0.2) is 29.8 Å². The standard InChI is InChI=1S/C13H16N2O3.H2/c1-4-11-7-10(5-6-12(11)14-2)8-18-13(16)15-9-17-3;/h4-7H,1-2,8-9H2,3H3,(H,15,16);1H. The van der Waals surface area contributed by atoms with Gasteiger partial charge >= 0.3 is 6.09 Å². The van der Waals surface area contributed by atoms with Gasteiger partial charge in [0.1, 0.15) is 13.3 Å². The fourth-order valence-corrected chi connectivity index (χ4v) is 1.33. The van der Waals surface area contributed by atoms with E-state index >= 15 is 0 Å². The smallest absolute Gasteiger partial charge is 0.409 e. The highest BCUT2D eigenvalue weighted by atomic mass is 16.6. The number of hydrogen-bond donors (Lipinski definition) is 1. The van der Waals surface area contributed by atoms with Gasteiger partial charge in [0, 0.05) is 8.54 Å². The topological polar surface area (TPSA) is 59.9 Å². The molecule has 0 aliphatic rings. The number of rotatable bonds is 6. The first-order valence-corrected chi connectivity index (χ1v) is 5.33. The lowest BCUT2D eigenvalue weighted by atomic mass is 10.1. The number of methoxy groups -OCH3 is 1. The summed E-state index contributed by atoms with van der Waals surface area (Å²) in [5.41, 5.74) is 2.45. The van der Waals surface area contributed by atoms with E-state index in [9.17, 15) is 4.79 Å². The second-order valence-electron chi connectivity index (χ2n) is 3.44. The number of amides is 1. The van der Waals surface area contributed by atoms with E-state index in [0.29, 0.717) is 0 Å². The Morgan fingerprint density at radius 3 is 3.00 bits per heavy atom. The largest absolute Gasteiger partial charge is 0.445 e. The third-order valence-corrected chi connectivity index (χ3v) is 2.21. The van der Waals surface area contributed by atoms with Crippen LogP contribution in [0.5, 0.6) is 0 Å². The molecule has 0 saturated carbocycles. The Labute approximate surface area is 108 Å². The first kappa shape index (κ1) is 13.9. The predicted octanol–water partition coefficient (Wildman–Crippen LogP) is 2.74. The molecule has 5 nitrogen and oxygen atoms in total.